The molecule has 0 spiro atoms. The number of hydrogen-bond acceptors (Lipinski definition) is 4. The molecular weight excluding hydrogens is 236 g/mol. The first kappa shape index (κ1) is 12.4. The average molecular weight is 256 g/mol. The van der Waals surface area contributed by atoms with Crippen LogP contribution >= 0.6 is 23.1 Å². The fourth-order valence-corrected chi connectivity index (χ4v) is 4.55. The number of thiophene rings is 1. The Morgan fingerprint density at radius 1 is 1.62 bits per heavy atom. The average Bonchev–Trinajstić information content (AvgIpc) is 2.88. The fourth-order valence-electron chi connectivity index (χ4n) is 2.32. The highest BCUT2D eigenvalue weighted by molar-refractivity contribution is 8.00. The van der Waals surface area contributed by atoms with Gasteiger partial charge in [0.15, 0.2) is 0 Å². The molecule has 2 atom stereocenters. The minimum Gasteiger partial charge on any atom is -0.329 e. The molecule has 1 fully saturated rings. The van der Waals surface area contributed by atoms with E-state index in [-0.39, 0.29) is 5.54 Å². The molecule has 2 N–H and O–H groups in total. The summed E-state index contributed by atoms with van der Waals surface area (Å²) in [5.74, 6) is 1.17. The lowest BCUT2D eigenvalue weighted by atomic mass is 9.94. The van der Waals surface area contributed by atoms with Gasteiger partial charge in [0.25, 0.3) is 0 Å². The third-order valence-electron chi connectivity index (χ3n) is 3.47. The number of nitrogens with two attached hydrogens (primary N) is 1. The maximum Gasteiger partial charge on any atom is 0.0433 e. The highest BCUT2D eigenvalue weighted by Crippen LogP contribution is 2.38. The van der Waals surface area contributed by atoms with Gasteiger partial charge in [-0.2, -0.15) is 11.8 Å². The highest BCUT2D eigenvalue weighted by atomic mass is 32.2. The number of hydrogen-bond donors (Lipinski definition) is 1. The van der Waals surface area contributed by atoms with Gasteiger partial charge in [-0.15, -0.1) is 11.3 Å². The SMILES string of the molecule is CC1CC(CN)(N(C)Cc2cccs2)CS1. The van der Waals surface area contributed by atoms with Gasteiger partial charge in [-0.05, 0) is 24.9 Å². The second kappa shape index (κ2) is 5.08. The predicted octanol–water partition coefficient (Wildman–Crippen LogP) is 2.40. The lowest BCUT2D eigenvalue weighted by Crippen LogP contribution is -2.52. The summed E-state index contributed by atoms with van der Waals surface area (Å²) < 4.78 is 0. The summed E-state index contributed by atoms with van der Waals surface area (Å²) in [6, 6.07) is 4.33. The maximum absolute atomic E-state index is 6.01. The molecule has 0 bridgehead atoms. The summed E-state index contributed by atoms with van der Waals surface area (Å²) in [4.78, 5) is 3.88. The molecule has 0 amide bonds. The molecule has 2 heterocycles. The Labute approximate surface area is 106 Å². The summed E-state index contributed by atoms with van der Waals surface area (Å²) in [7, 11) is 2.21. The Morgan fingerprint density at radius 3 is 2.94 bits per heavy atom. The van der Waals surface area contributed by atoms with Crippen molar-refractivity contribution >= 4 is 23.1 Å². The lowest BCUT2D eigenvalue weighted by molar-refractivity contribution is 0.140. The zero-order chi connectivity index (χ0) is 11.6. The second-order valence-corrected chi connectivity index (χ2v) is 7.15. The molecule has 0 radical (unpaired) electrons. The molecule has 16 heavy (non-hydrogen) atoms. The van der Waals surface area contributed by atoms with Gasteiger partial charge in [0.05, 0.1) is 0 Å². The van der Waals surface area contributed by atoms with Crippen molar-refractivity contribution in [1.29, 1.82) is 0 Å². The Hall–Kier alpha value is -0.0300. The number of likely N-dealkylation sites (N-methyl/N-ethyl adjacent to an activating group) is 1. The second-order valence-electron chi connectivity index (χ2n) is 4.69. The maximum atomic E-state index is 6.01. The van der Waals surface area contributed by atoms with Crippen molar-refractivity contribution in [3.8, 4) is 0 Å². The normalized spacial score (nSPS) is 30.1. The molecule has 1 aliphatic heterocycles. The van der Waals surface area contributed by atoms with Crippen LogP contribution in [0.25, 0.3) is 0 Å². The quantitative estimate of drug-likeness (QED) is 0.897. The van der Waals surface area contributed by atoms with Crippen LogP contribution in [0.15, 0.2) is 17.5 Å². The largest absolute Gasteiger partial charge is 0.329 e. The van der Waals surface area contributed by atoms with Gasteiger partial charge < -0.3 is 5.73 Å². The summed E-state index contributed by atoms with van der Waals surface area (Å²) in [6.45, 7) is 4.11. The zero-order valence-electron chi connectivity index (χ0n) is 9.98. The van der Waals surface area contributed by atoms with Gasteiger partial charge in [-0.1, -0.05) is 13.0 Å². The molecule has 0 saturated carbocycles. The van der Waals surface area contributed by atoms with Crippen LogP contribution in [-0.4, -0.2) is 35.0 Å². The van der Waals surface area contributed by atoms with E-state index in [4.69, 9.17) is 5.73 Å². The molecular formula is C12H20N2S2. The summed E-state index contributed by atoms with van der Waals surface area (Å²) in [5, 5.41) is 2.89. The van der Waals surface area contributed by atoms with Crippen LogP contribution in [0.5, 0.6) is 0 Å². The van der Waals surface area contributed by atoms with E-state index < -0.39 is 0 Å². The van der Waals surface area contributed by atoms with E-state index >= 15 is 0 Å². The van der Waals surface area contributed by atoms with Crippen molar-refractivity contribution in [3.63, 3.8) is 0 Å². The van der Waals surface area contributed by atoms with Gasteiger partial charge >= 0.3 is 0 Å². The molecule has 90 valence electrons. The van der Waals surface area contributed by atoms with Crippen molar-refractivity contribution in [1.82, 2.24) is 4.90 Å². The van der Waals surface area contributed by atoms with E-state index in [0.717, 1.165) is 18.3 Å². The first-order valence-corrected chi connectivity index (χ1v) is 7.64. The number of nitrogens with zero attached hydrogens (tertiary/aromatic N) is 1. The van der Waals surface area contributed by atoms with E-state index in [0.29, 0.717) is 0 Å². The number of thioether (sulfide) groups is 1. The summed E-state index contributed by atoms with van der Waals surface area (Å²) in [6.07, 6.45) is 1.22. The topological polar surface area (TPSA) is 29.3 Å². The smallest absolute Gasteiger partial charge is 0.0433 e. The molecule has 2 rings (SSSR count). The van der Waals surface area contributed by atoms with Gasteiger partial charge in [0.1, 0.15) is 0 Å². The van der Waals surface area contributed by atoms with Gasteiger partial charge in [0, 0.05) is 34.5 Å². The zero-order valence-corrected chi connectivity index (χ0v) is 11.6. The van der Waals surface area contributed by atoms with Crippen molar-refractivity contribution in [2.75, 3.05) is 19.3 Å². The first-order chi connectivity index (χ1) is 7.66. The van der Waals surface area contributed by atoms with E-state index in [1.165, 1.54) is 17.1 Å². The molecule has 2 unspecified atom stereocenters. The van der Waals surface area contributed by atoms with Crippen molar-refractivity contribution in [2.45, 2.75) is 30.7 Å². The van der Waals surface area contributed by atoms with Gasteiger partial charge in [0.2, 0.25) is 0 Å². The van der Waals surface area contributed by atoms with Gasteiger partial charge in [-0.3, -0.25) is 4.90 Å². The fraction of sp³-hybridized carbons (Fsp3) is 0.667. The summed E-state index contributed by atoms with van der Waals surface area (Å²) >= 11 is 3.88. The standard InChI is InChI=1S/C12H20N2S2/c1-10-6-12(8-13,9-16-10)14(2)7-11-4-3-5-15-11/h3-5,10H,6-9,13H2,1-2H3. The molecule has 1 aromatic heterocycles. The highest BCUT2D eigenvalue weighted by Gasteiger charge is 2.40. The van der Waals surface area contributed by atoms with Crippen LogP contribution in [0, 0.1) is 0 Å². The van der Waals surface area contributed by atoms with Crippen LogP contribution in [0.1, 0.15) is 18.2 Å². The third-order valence-corrected chi connectivity index (χ3v) is 5.77. The van der Waals surface area contributed by atoms with Crippen LogP contribution in [0.2, 0.25) is 0 Å². The molecule has 1 aromatic rings. The molecule has 2 nitrogen and oxygen atoms in total. The molecule has 0 aromatic carbocycles. The van der Waals surface area contributed by atoms with Crippen LogP contribution in [0.4, 0.5) is 0 Å². The summed E-state index contributed by atoms with van der Waals surface area (Å²) in [5.41, 5.74) is 6.23. The number of rotatable bonds is 4. The molecule has 1 aliphatic rings. The minimum atomic E-state index is 0.216. The molecule has 1 saturated heterocycles. The van der Waals surface area contributed by atoms with Gasteiger partial charge in [-0.25, -0.2) is 0 Å². The Morgan fingerprint density at radius 2 is 2.44 bits per heavy atom. The van der Waals surface area contributed by atoms with E-state index in [1.807, 2.05) is 11.3 Å². The van der Waals surface area contributed by atoms with Crippen molar-refractivity contribution < 1.29 is 0 Å². The molecule has 4 heteroatoms. The predicted molar refractivity (Wildman–Crippen MR) is 74.1 cm³/mol. The first-order valence-electron chi connectivity index (χ1n) is 5.71. The van der Waals surface area contributed by atoms with Crippen molar-refractivity contribution in [3.05, 3.63) is 22.4 Å². The monoisotopic (exact) mass is 256 g/mol. The van der Waals surface area contributed by atoms with Crippen molar-refractivity contribution in [2.24, 2.45) is 5.73 Å². The van der Waals surface area contributed by atoms with E-state index in [1.54, 1.807) is 0 Å². The lowest BCUT2D eigenvalue weighted by Gasteiger charge is -2.37. The van der Waals surface area contributed by atoms with E-state index in [2.05, 4.69) is 48.1 Å². The third kappa shape index (κ3) is 2.45. The Kier molecular flexibility index (Phi) is 3.95. The minimum absolute atomic E-state index is 0.216. The molecule has 0 aliphatic carbocycles. The Bertz CT molecular complexity index is 326. The Balaban J connectivity index is 2.04. The van der Waals surface area contributed by atoms with Crippen LogP contribution < -0.4 is 5.73 Å². The van der Waals surface area contributed by atoms with Crippen LogP contribution in [0.3, 0.4) is 0 Å². The van der Waals surface area contributed by atoms with Crippen LogP contribution in [-0.2, 0) is 6.54 Å². The van der Waals surface area contributed by atoms with E-state index in [9.17, 15) is 0 Å².